The third-order valence-corrected chi connectivity index (χ3v) is 5.00. The van der Waals surface area contributed by atoms with Gasteiger partial charge in [0.1, 0.15) is 11.8 Å². The van der Waals surface area contributed by atoms with Crippen LogP contribution >= 0.6 is 0 Å². The molecule has 0 fully saturated rings. The number of anilines is 1. The summed E-state index contributed by atoms with van der Waals surface area (Å²) in [6, 6.07) is 14.9. The van der Waals surface area contributed by atoms with Gasteiger partial charge >= 0.3 is 0 Å². The first-order chi connectivity index (χ1) is 14.7. The van der Waals surface area contributed by atoms with Gasteiger partial charge in [0.05, 0.1) is 19.9 Å². The first-order valence-corrected chi connectivity index (χ1v) is 9.93. The lowest BCUT2D eigenvalue weighted by atomic mass is 10.0. The van der Waals surface area contributed by atoms with E-state index in [1.54, 1.807) is 20.4 Å². The van der Waals surface area contributed by atoms with Crippen LogP contribution in [-0.2, 0) is 9.53 Å². The fraction of sp³-hybridized carbons (Fsp3) is 0.304. The van der Waals surface area contributed by atoms with Gasteiger partial charge in [-0.1, -0.05) is 31.2 Å². The Morgan fingerprint density at radius 3 is 2.60 bits per heavy atom. The maximum absolute atomic E-state index is 13.3. The van der Waals surface area contributed by atoms with Gasteiger partial charge in [-0.05, 0) is 41.9 Å². The minimum Gasteiger partial charge on any atom is -0.497 e. The molecule has 7 heteroatoms. The highest BCUT2D eigenvalue weighted by atomic mass is 16.5. The van der Waals surface area contributed by atoms with E-state index < -0.39 is 6.04 Å². The Labute approximate surface area is 177 Å². The molecule has 1 heterocycles. The second-order valence-corrected chi connectivity index (χ2v) is 6.85. The van der Waals surface area contributed by atoms with Crippen LogP contribution in [0.15, 0.2) is 60.9 Å². The first-order valence-electron chi connectivity index (χ1n) is 9.93. The predicted molar refractivity (Wildman–Crippen MR) is 118 cm³/mol. The van der Waals surface area contributed by atoms with Crippen LogP contribution in [0.4, 0.5) is 5.69 Å². The topological polar surface area (TPSA) is 79.5 Å². The van der Waals surface area contributed by atoms with Crippen molar-refractivity contribution in [3.63, 3.8) is 0 Å². The highest BCUT2D eigenvalue weighted by Crippen LogP contribution is 2.27. The normalized spacial score (nSPS) is 12.0. The molecule has 2 aromatic carbocycles. The number of hydrogen-bond acceptors (Lipinski definition) is 5. The number of ether oxygens (including phenoxy) is 2. The van der Waals surface area contributed by atoms with Gasteiger partial charge in [0.15, 0.2) is 0 Å². The number of amides is 1. The summed E-state index contributed by atoms with van der Waals surface area (Å²) in [5, 5.41) is 9.84. The van der Waals surface area contributed by atoms with Crippen LogP contribution in [0, 0.1) is 0 Å². The Morgan fingerprint density at radius 1 is 1.17 bits per heavy atom. The molecule has 158 valence electrons. The van der Waals surface area contributed by atoms with Crippen molar-refractivity contribution in [1.82, 2.24) is 15.1 Å². The maximum Gasteiger partial charge on any atom is 0.246 e. The fourth-order valence-corrected chi connectivity index (χ4v) is 3.38. The fourth-order valence-electron chi connectivity index (χ4n) is 3.38. The van der Waals surface area contributed by atoms with E-state index in [0.29, 0.717) is 19.7 Å². The van der Waals surface area contributed by atoms with Gasteiger partial charge in [-0.15, -0.1) is 0 Å². The molecule has 0 spiro atoms. The average molecular weight is 409 g/mol. The van der Waals surface area contributed by atoms with Crippen molar-refractivity contribution in [3.8, 4) is 16.9 Å². The number of aromatic amines is 1. The van der Waals surface area contributed by atoms with Crippen LogP contribution < -0.4 is 10.1 Å². The molecule has 0 aliphatic heterocycles. The number of hydrogen-bond donors (Lipinski definition) is 2. The quantitative estimate of drug-likeness (QED) is 0.534. The summed E-state index contributed by atoms with van der Waals surface area (Å²) >= 11 is 0. The Hall–Kier alpha value is -3.16. The second kappa shape index (κ2) is 10.6. The number of aromatic nitrogens is 2. The summed E-state index contributed by atoms with van der Waals surface area (Å²) in [6.45, 7) is 3.93. The van der Waals surface area contributed by atoms with Crippen molar-refractivity contribution in [2.24, 2.45) is 0 Å². The molecule has 2 N–H and O–H groups in total. The van der Waals surface area contributed by atoms with Gasteiger partial charge in [0.25, 0.3) is 0 Å². The van der Waals surface area contributed by atoms with E-state index in [-0.39, 0.29) is 5.91 Å². The number of carbonyl (C=O) groups excluding carboxylic acids is 1. The van der Waals surface area contributed by atoms with Crippen molar-refractivity contribution in [2.75, 3.05) is 39.2 Å². The van der Waals surface area contributed by atoms with E-state index in [9.17, 15) is 4.79 Å². The van der Waals surface area contributed by atoms with E-state index in [4.69, 9.17) is 9.47 Å². The zero-order chi connectivity index (χ0) is 21.3. The zero-order valence-electron chi connectivity index (χ0n) is 17.6. The second-order valence-electron chi connectivity index (χ2n) is 6.85. The van der Waals surface area contributed by atoms with Crippen molar-refractivity contribution in [3.05, 3.63) is 66.5 Å². The number of benzene rings is 2. The van der Waals surface area contributed by atoms with Crippen molar-refractivity contribution < 1.29 is 14.3 Å². The van der Waals surface area contributed by atoms with Crippen LogP contribution in [0.5, 0.6) is 5.75 Å². The van der Waals surface area contributed by atoms with Crippen LogP contribution in [0.25, 0.3) is 11.1 Å². The summed E-state index contributed by atoms with van der Waals surface area (Å²) in [7, 11) is 3.29. The summed E-state index contributed by atoms with van der Waals surface area (Å²) in [4.78, 5) is 15.4. The van der Waals surface area contributed by atoms with Gasteiger partial charge in [0.2, 0.25) is 5.91 Å². The van der Waals surface area contributed by atoms with Crippen molar-refractivity contribution in [2.45, 2.75) is 13.0 Å². The predicted octanol–water partition coefficient (Wildman–Crippen LogP) is 3.73. The molecule has 0 saturated carbocycles. The Kier molecular flexibility index (Phi) is 7.59. The lowest BCUT2D eigenvalue weighted by Gasteiger charge is -2.30. The molecule has 1 aromatic heterocycles. The molecule has 0 saturated heterocycles. The summed E-state index contributed by atoms with van der Waals surface area (Å²) in [5.41, 5.74) is 3.64. The standard InChI is InChI=1S/C23H28N4O3/c1-4-27(12-13-29-2)22(18-6-5-7-21(14-18)30-3)23(28)26-20-10-8-17(9-11-20)19-15-24-25-16-19/h5-11,14-16,22H,4,12-13H2,1-3H3,(H,24,25)(H,26,28). The van der Waals surface area contributed by atoms with E-state index in [0.717, 1.165) is 28.1 Å². The van der Waals surface area contributed by atoms with Crippen LogP contribution in [0.3, 0.4) is 0 Å². The smallest absolute Gasteiger partial charge is 0.246 e. The maximum atomic E-state index is 13.3. The van der Waals surface area contributed by atoms with E-state index in [1.165, 1.54) is 0 Å². The summed E-state index contributed by atoms with van der Waals surface area (Å²) in [6.07, 6.45) is 3.60. The zero-order valence-corrected chi connectivity index (χ0v) is 17.6. The molecular formula is C23H28N4O3. The van der Waals surface area contributed by atoms with Gasteiger partial charge in [-0.25, -0.2) is 0 Å². The molecule has 0 radical (unpaired) electrons. The highest BCUT2D eigenvalue weighted by molar-refractivity contribution is 5.95. The van der Waals surface area contributed by atoms with Gasteiger partial charge in [0, 0.05) is 31.1 Å². The van der Waals surface area contributed by atoms with Gasteiger partial charge in [-0.2, -0.15) is 5.10 Å². The van der Waals surface area contributed by atoms with E-state index in [1.807, 2.05) is 61.7 Å². The number of methoxy groups -OCH3 is 2. The third-order valence-electron chi connectivity index (χ3n) is 5.00. The minimum absolute atomic E-state index is 0.0998. The minimum atomic E-state index is -0.464. The van der Waals surface area contributed by atoms with E-state index in [2.05, 4.69) is 20.4 Å². The molecule has 3 rings (SSSR count). The summed E-state index contributed by atoms with van der Waals surface area (Å²) < 4.78 is 10.6. The number of rotatable bonds is 10. The van der Waals surface area contributed by atoms with Gasteiger partial charge in [-0.3, -0.25) is 14.8 Å². The lowest BCUT2D eigenvalue weighted by molar-refractivity contribution is -0.121. The largest absolute Gasteiger partial charge is 0.497 e. The molecule has 1 amide bonds. The van der Waals surface area contributed by atoms with Crippen LogP contribution in [0.2, 0.25) is 0 Å². The van der Waals surface area contributed by atoms with Crippen molar-refractivity contribution in [1.29, 1.82) is 0 Å². The molecule has 30 heavy (non-hydrogen) atoms. The third kappa shape index (κ3) is 5.25. The van der Waals surface area contributed by atoms with E-state index >= 15 is 0 Å². The summed E-state index contributed by atoms with van der Waals surface area (Å²) in [5.74, 6) is 0.620. The van der Waals surface area contributed by atoms with Gasteiger partial charge < -0.3 is 14.8 Å². The molecule has 0 bridgehead atoms. The van der Waals surface area contributed by atoms with Crippen LogP contribution in [0.1, 0.15) is 18.5 Å². The molecule has 1 atom stereocenters. The average Bonchev–Trinajstić information content (AvgIpc) is 3.32. The molecule has 0 aliphatic carbocycles. The molecule has 3 aromatic rings. The number of nitrogens with zero attached hydrogens (tertiary/aromatic N) is 2. The monoisotopic (exact) mass is 408 g/mol. The number of H-pyrrole nitrogens is 1. The molecule has 7 nitrogen and oxygen atoms in total. The Bertz CT molecular complexity index is 926. The molecular weight excluding hydrogens is 380 g/mol. The molecule has 0 aliphatic rings. The Morgan fingerprint density at radius 2 is 1.97 bits per heavy atom. The number of carbonyl (C=O) groups is 1. The number of nitrogens with one attached hydrogen (secondary N) is 2. The number of likely N-dealkylation sites (N-methyl/N-ethyl adjacent to an activating group) is 1. The lowest BCUT2D eigenvalue weighted by Crippen LogP contribution is -2.39. The highest BCUT2D eigenvalue weighted by Gasteiger charge is 2.27. The Balaban J connectivity index is 1.83. The van der Waals surface area contributed by atoms with Crippen LogP contribution in [-0.4, -0.2) is 54.9 Å². The van der Waals surface area contributed by atoms with Crippen molar-refractivity contribution >= 4 is 11.6 Å². The molecule has 1 unspecified atom stereocenters. The first kappa shape index (κ1) is 21.5. The SMILES string of the molecule is CCN(CCOC)C(C(=O)Nc1ccc(-c2cn[nH]c2)cc1)c1cccc(OC)c1.